The van der Waals surface area contributed by atoms with E-state index in [0.29, 0.717) is 5.91 Å². The minimum absolute atomic E-state index is 0. The smallest absolute Gasteiger partial charge is 0.854 e. The van der Waals surface area contributed by atoms with Crippen LogP contribution in [0.25, 0.3) is 0 Å². The third-order valence-corrected chi connectivity index (χ3v) is 5.85. The SMILES string of the molecule is CC1CCN(C(=O)C2CCN(CC3(C[O-])CC3)CC2)CC1.[K+]. The molecule has 0 N–H and O–H groups in total. The molecule has 0 atom stereocenters. The van der Waals surface area contributed by atoms with Gasteiger partial charge in [0.15, 0.2) is 0 Å². The molecule has 22 heavy (non-hydrogen) atoms. The second-order valence-corrected chi connectivity index (χ2v) is 7.70. The Balaban J connectivity index is 0.00000176. The normalized spacial score (nSPS) is 26.5. The van der Waals surface area contributed by atoms with Crippen molar-refractivity contribution >= 4 is 5.91 Å². The molecule has 1 amide bonds. The van der Waals surface area contributed by atoms with Crippen LogP contribution in [0.1, 0.15) is 45.4 Å². The van der Waals surface area contributed by atoms with Crippen LogP contribution in [-0.4, -0.2) is 55.0 Å². The summed E-state index contributed by atoms with van der Waals surface area (Å²) in [5.74, 6) is 1.40. The van der Waals surface area contributed by atoms with Gasteiger partial charge in [0.05, 0.1) is 0 Å². The average molecular weight is 333 g/mol. The molecule has 2 heterocycles. The third kappa shape index (κ3) is 4.77. The van der Waals surface area contributed by atoms with Crippen molar-refractivity contribution in [2.75, 3.05) is 39.3 Å². The predicted octanol–water partition coefficient (Wildman–Crippen LogP) is -1.90. The summed E-state index contributed by atoms with van der Waals surface area (Å²) in [6.07, 6.45) is 6.52. The quantitative estimate of drug-likeness (QED) is 0.565. The van der Waals surface area contributed by atoms with E-state index in [2.05, 4.69) is 16.7 Å². The molecule has 0 aromatic rings. The van der Waals surface area contributed by atoms with Gasteiger partial charge in [-0.15, -0.1) is 6.61 Å². The summed E-state index contributed by atoms with van der Waals surface area (Å²) in [6.45, 7) is 7.25. The first-order valence-corrected chi connectivity index (χ1v) is 8.71. The Morgan fingerprint density at radius 3 is 2.18 bits per heavy atom. The van der Waals surface area contributed by atoms with Gasteiger partial charge >= 0.3 is 51.4 Å². The first-order chi connectivity index (χ1) is 10.1. The predicted molar refractivity (Wildman–Crippen MR) is 80.7 cm³/mol. The van der Waals surface area contributed by atoms with Crippen molar-refractivity contribution in [3.8, 4) is 0 Å². The van der Waals surface area contributed by atoms with Crippen LogP contribution in [0, 0.1) is 17.3 Å². The molecule has 2 saturated heterocycles. The Labute approximate surface area is 177 Å². The van der Waals surface area contributed by atoms with Gasteiger partial charge in [0.2, 0.25) is 5.91 Å². The molecule has 1 aliphatic carbocycles. The molecule has 0 spiro atoms. The molecule has 1 saturated carbocycles. The van der Waals surface area contributed by atoms with Gasteiger partial charge in [-0.1, -0.05) is 6.92 Å². The zero-order chi connectivity index (χ0) is 14.9. The summed E-state index contributed by atoms with van der Waals surface area (Å²) in [5, 5.41) is 11.2. The molecule has 3 fully saturated rings. The average Bonchev–Trinajstić information content (AvgIpc) is 3.28. The molecular formula is C17H29KN2O2. The molecule has 120 valence electrons. The number of rotatable bonds is 4. The van der Waals surface area contributed by atoms with E-state index in [1.807, 2.05) is 0 Å². The number of carbonyl (C=O) groups is 1. The second kappa shape index (κ2) is 8.41. The molecule has 0 unspecified atom stereocenters. The molecule has 0 bridgehead atoms. The van der Waals surface area contributed by atoms with E-state index in [-0.39, 0.29) is 69.3 Å². The standard InChI is InChI=1S/C17H29N2O2.K/c1-14-2-10-19(11-3-14)16(21)15-4-8-18(9-5-15)12-17(13-20)6-7-17;/h14-15H,2-13H2,1H3;/q-1;+1. The van der Waals surface area contributed by atoms with Gasteiger partial charge in [-0.25, -0.2) is 0 Å². The first kappa shape index (κ1) is 19.4. The van der Waals surface area contributed by atoms with Crippen LogP contribution in [0.3, 0.4) is 0 Å². The Kier molecular flexibility index (Phi) is 7.40. The Hall–Kier alpha value is 1.03. The Bertz CT molecular complexity index is 371. The van der Waals surface area contributed by atoms with Crippen molar-refractivity contribution in [2.24, 2.45) is 17.3 Å². The fourth-order valence-electron chi connectivity index (χ4n) is 3.82. The number of hydrogen-bond donors (Lipinski definition) is 0. The van der Waals surface area contributed by atoms with Crippen LogP contribution in [0.15, 0.2) is 0 Å². The first-order valence-electron chi connectivity index (χ1n) is 8.71. The van der Waals surface area contributed by atoms with E-state index in [9.17, 15) is 9.90 Å². The fourth-order valence-corrected chi connectivity index (χ4v) is 3.82. The van der Waals surface area contributed by atoms with Gasteiger partial charge in [0, 0.05) is 25.6 Å². The van der Waals surface area contributed by atoms with Crippen LogP contribution < -0.4 is 56.5 Å². The molecule has 2 aliphatic heterocycles. The van der Waals surface area contributed by atoms with Gasteiger partial charge in [0.25, 0.3) is 0 Å². The van der Waals surface area contributed by atoms with E-state index in [4.69, 9.17) is 0 Å². The van der Waals surface area contributed by atoms with E-state index in [1.165, 1.54) is 0 Å². The minimum atomic E-state index is 0. The molecule has 3 rings (SSSR count). The van der Waals surface area contributed by atoms with Crippen LogP contribution in [0.4, 0.5) is 0 Å². The van der Waals surface area contributed by atoms with Gasteiger partial charge in [0.1, 0.15) is 0 Å². The zero-order valence-corrected chi connectivity index (χ0v) is 17.5. The van der Waals surface area contributed by atoms with Crippen molar-refractivity contribution in [3.05, 3.63) is 0 Å². The van der Waals surface area contributed by atoms with Crippen LogP contribution >= 0.6 is 0 Å². The number of piperidine rings is 2. The minimum Gasteiger partial charge on any atom is -0.854 e. The molecule has 0 aromatic carbocycles. The maximum absolute atomic E-state index is 12.6. The van der Waals surface area contributed by atoms with Crippen LogP contribution in [0.2, 0.25) is 0 Å². The number of likely N-dealkylation sites (tertiary alicyclic amines) is 2. The summed E-state index contributed by atoms with van der Waals surface area (Å²) in [6, 6.07) is 0. The summed E-state index contributed by atoms with van der Waals surface area (Å²) < 4.78 is 0. The van der Waals surface area contributed by atoms with E-state index in [0.717, 1.165) is 77.2 Å². The van der Waals surface area contributed by atoms with E-state index >= 15 is 0 Å². The van der Waals surface area contributed by atoms with E-state index < -0.39 is 0 Å². The Morgan fingerprint density at radius 1 is 1.09 bits per heavy atom. The number of carbonyl (C=O) groups excluding carboxylic acids is 1. The van der Waals surface area contributed by atoms with Crippen molar-refractivity contribution < 1.29 is 61.3 Å². The van der Waals surface area contributed by atoms with Gasteiger partial charge in [-0.3, -0.25) is 4.79 Å². The van der Waals surface area contributed by atoms with Crippen LogP contribution in [0.5, 0.6) is 0 Å². The van der Waals surface area contributed by atoms with Crippen LogP contribution in [-0.2, 0) is 4.79 Å². The van der Waals surface area contributed by atoms with E-state index in [1.54, 1.807) is 0 Å². The molecule has 4 nitrogen and oxygen atoms in total. The fraction of sp³-hybridized carbons (Fsp3) is 0.941. The topological polar surface area (TPSA) is 46.6 Å². The number of hydrogen-bond acceptors (Lipinski definition) is 3. The summed E-state index contributed by atoms with van der Waals surface area (Å²) in [4.78, 5) is 17.1. The largest absolute Gasteiger partial charge is 1.00 e. The van der Waals surface area contributed by atoms with Crippen molar-refractivity contribution in [1.82, 2.24) is 9.80 Å². The summed E-state index contributed by atoms with van der Waals surface area (Å²) >= 11 is 0. The third-order valence-electron chi connectivity index (χ3n) is 5.85. The van der Waals surface area contributed by atoms with Crippen molar-refractivity contribution in [1.29, 1.82) is 0 Å². The van der Waals surface area contributed by atoms with Gasteiger partial charge in [-0.05, 0) is 62.9 Å². The van der Waals surface area contributed by atoms with Crippen molar-refractivity contribution in [2.45, 2.75) is 45.4 Å². The molecule has 0 radical (unpaired) electrons. The summed E-state index contributed by atoms with van der Waals surface area (Å²) in [5.41, 5.74) is 0.0971. The number of amides is 1. The van der Waals surface area contributed by atoms with Gasteiger partial charge < -0.3 is 14.9 Å². The molecule has 5 heteroatoms. The monoisotopic (exact) mass is 332 g/mol. The second-order valence-electron chi connectivity index (χ2n) is 7.70. The van der Waals surface area contributed by atoms with Crippen molar-refractivity contribution in [3.63, 3.8) is 0 Å². The maximum atomic E-state index is 12.6. The Morgan fingerprint density at radius 2 is 1.68 bits per heavy atom. The maximum Gasteiger partial charge on any atom is 1.00 e. The molecule has 0 aromatic heterocycles. The number of nitrogens with zero attached hydrogens (tertiary/aromatic N) is 2. The molecular weight excluding hydrogens is 303 g/mol. The van der Waals surface area contributed by atoms with Gasteiger partial charge in [-0.2, -0.15) is 0 Å². The summed E-state index contributed by atoms with van der Waals surface area (Å²) in [7, 11) is 0. The zero-order valence-electron chi connectivity index (χ0n) is 14.4. The molecule has 3 aliphatic rings.